The zero-order valence-electron chi connectivity index (χ0n) is 18.5. The largest absolute Gasteiger partial charge is 0.352 e. The molecule has 0 aromatic heterocycles. The van der Waals surface area contributed by atoms with Crippen molar-refractivity contribution in [3.05, 3.63) is 94.2 Å². The van der Waals surface area contributed by atoms with Gasteiger partial charge in [-0.3, -0.25) is 14.5 Å². The Labute approximate surface area is 199 Å². The van der Waals surface area contributed by atoms with Crippen LogP contribution < -0.4 is 10.2 Å². The Hall–Kier alpha value is -3.88. The number of amidine groups is 1. The van der Waals surface area contributed by atoms with E-state index in [9.17, 15) is 9.59 Å². The third-order valence-corrected chi connectivity index (χ3v) is 5.15. The van der Waals surface area contributed by atoms with Gasteiger partial charge in [-0.25, -0.2) is 4.99 Å². The number of carbonyl (C=O) groups is 2. The highest BCUT2D eigenvalue weighted by Gasteiger charge is 2.28. The quantitative estimate of drug-likeness (QED) is 0.363. The van der Waals surface area contributed by atoms with E-state index in [0.29, 0.717) is 28.8 Å². The number of halogens is 1. The molecule has 0 saturated carbocycles. The predicted octanol–water partition coefficient (Wildman–Crippen LogP) is 4.94. The Morgan fingerprint density at radius 2 is 1.88 bits per heavy atom. The first-order chi connectivity index (χ1) is 15.9. The molecule has 0 fully saturated rings. The van der Waals surface area contributed by atoms with Crippen LogP contribution in [-0.4, -0.2) is 24.2 Å². The minimum absolute atomic E-state index is 0.113. The molecule has 1 heterocycles. The van der Waals surface area contributed by atoms with Crippen molar-refractivity contribution in [3.63, 3.8) is 0 Å². The molecule has 2 aromatic rings. The summed E-state index contributed by atoms with van der Waals surface area (Å²) in [6, 6.07) is 14.5. The lowest BCUT2D eigenvalue weighted by Crippen LogP contribution is -2.30. The summed E-state index contributed by atoms with van der Waals surface area (Å²) in [4.78, 5) is 31.2. The summed E-state index contributed by atoms with van der Waals surface area (Å²) in [6.45, 7) is 4.04. The number of hydrogen-bond donors (Lipinski definition) is 1. The summed E-state index contributed by atoms with van der Waals surface area (Å²) >= 11 is 5.92. The Bertz CT molecular complexity index is 1200. The number of aliphatic imine (C=N–C) groups is 1. The van der Waals surface area contributed by atoms with Crippen LogP contribution in [0.5, 0.6) is 0 Å². The second-order valence-electron chi connectivity index (χ2n) is 7.39. The van der Waals surface area contributed by atoms with Crippen molar-refractivity contribution in [1.29, 1.82) is 0 Å². The number of amides is 2. The second kappa shape index (κ2) is 11.1. The van der Waals surface area contributed by atoms with Gasteiger partial charge in [0.15, 0.2) is 0 Å². The molecule has 1 aliphatic rings. The molecule has 0 aliphatic carbocycles. The molecule has 1 N–H and O–H groups in total. The van der Waals surface area contributed by atoms with Gasteiger partial charge in [-0.05, 0) is 67.0 Å². The molecular formula is C27H24ClN3O2. The first-order valence-corrected chi connectivity index (χ1v) is 10.8. The van der Waals surface area contributed by atoms with Crippen molar-refractivity contribution >= 4 is 41.0 Å². The number of anilines is 1. The monoisotopic (exact) mass is 457 g/mol. The lowest BCUT2D eigenvalue weighted by atomic mass is 10.1. The van der Waals surface area contributed by atoms with E-state index in [1.807, 2.05) is 55.5 Å². The van der Waals surface area contributed by atoms with Crippen molar-refractivity contribution in [1.82, 2.24) is 5.32 Å². The fraction of sp³-hybridized carbons (Fsp3) is 0.148. The normalized spacial score (nSPS) is 15.2. The smallest absolute Gasteiger partial charge is 0.282 e. The van der Waals surface area contributed by atoms with Gasteiger partial charge in [0.1, 0.15) is 11.5 Å². The maximum absolute atomic E-state index is 12.9. The fourth-order valence-electron chi connectivity index (χ4n) is 3.34. The third-order valence-electron chi connectivity index (χ3n) is 4.90. The average Bonchev–Trinajstić information content (AvgIpc) is 3.07. The van der Waals surface area contributed by atoms with Gasteiger partial charge in [-0.1, -0.05) is 53.9 Å². The minimum atomic E-state index is -0.204. The number of nitrogens with zero attached hydrogens (tertiary/aromatic N) is 2. The number of carbonyl (C=O) groups excluding carboxylic acids is 2. The van der Waals surface area contributed by atoms with E-state index in [4.69, 9.17) is 18.0 Å². The first kappa shape index (κ1) is 23.8. The van der Waals surface area contributed by atoms with E-state index in [-0.39, 0.29) is 18.2 Å². The average molecular weight is 458 g/mol. The summed E-state index contributed by atoms with van der Waals surface area (Å²) in [5.74, 6) is 2.74. The number of rotatable bonds is 7. The lowest BCUT2D eigenvalue weighted by molar-refractivity contribution is -0.120. The highest BCUT2D eigenvalue weighted by Crippen LogP contribution is 2.25. The fourth-order valence-corrected chi connectivity index (χ4v) is 3.47. The van der Waals surface area contributed by atoms with Gasteiger partial charge < -0.3 is 5.32 Å². The highest BCUT2D eigenvalue weighted by molar-refractivity contribution is 6.30. The van der Waals surface area contributed by atoms with Crippen molar-refractivity contribution in [2.75, 3.05) is 11.4 Å². The summed E-state index contributed by atoms with van der Waals surface area (Å²) in [5, 5.41) is 3.50. The Morgan fingerprint density at radius 1 is 1.18 bits per heavy atom. The molecule has 5 nitrogen and oxygen atoms in total. The molecule has 2 amide bonds. The van der Waals surface area contributed by atoms with E-state index in [1.54, 1.807) is 36.1 Å². The number of hydrogen-bond acceptors (Lipinski definition) is 3. The van der Waals surface area contributed by atoms with Gasteiger partial charge in [-0.2, -0.15) is 0 Å². The molecule has 0 bridgehead atoms. The molecular weight excluding hydrogens is 434 g/mol. The van der Waals surface area contributed by atoms with Crippen LogP contribution in [0.1, 0.15) is 25.0 Å². The second-order valence-corrected chi connectivity index (χ2v) is 7.82. The molecule has 33 heavy (non-hydrogen) atoms. The molecule has 0 radical (unpaired) electrons. The van der Waals surface area contributed by atoms with Crippen molar-refractivity contribution in [3.8, 4) is 12.3 Å². The van der Waals surface area contributed by atoms with E-state index in [0.717, 1.165) is 16.7 Å². The van der Waals surface area contributed by atoms with Gasteiger partial charge >= 0.3 is 0 Å². The number of terminal acetylenes is 1. The molecule has 0 atom stereocenters. The van der Waals surface area contributed by atoms with E-state index in [2.05, 4.69) is 16.2 Å². The molecule has 1 aliphatic heterocycles. The SMILES string of the molecule is C#C/C=C(\C=C/C)CNC(=O)Cc1ccc(N2C(=O)/C(=C/c3ccc(Cl)cc3)N=C2C)cc1. The van der Waals surface area contributed by atoms with E-state index >= 15 is 0 Å². The summed E-state index contributed by atoms with van der Waals surface area (Å²) in [6.07, 6.45) is 12.6. The molecule has 0 saturated heterocycles. The Morgan fingerprint density at radius 3 is 2.52 bits per heavy atom. The van der Waals surface area contributed by atoms with Crippen LogP contribution in [0.15, 0.2) is 83.0 Å². The van der Waals surface area contributed by atoms with Crippen LogP contribution in [0.2, 0.25) is 5.02 Å². The zero-order valence-corrected chi connectivity index (χ0v) is 19.3. The molecule has 0 spiro atoms. The van der Waals surface area contributed by atoms with E-state index in [1.165, 1.54) is 0 Å². The topological polar surface area (TPSA) is 61.8 Å². The van der Waals surface area contributed by atoms with Crippen molar-refractivity contribution < 1.29 is 9.59 Å². The van der Waals surface area contributed by atoms with Crippen LogP contribution in [0.25, 0.3) is 6.08 Å². The minimum Gasteiger partial charge on any atom is -0.352 e. The standard InChI is InChI=1S/C27H24ClN3O2/c1-4-6-22(7-5-2)18-29-26(32)17-21-10-14-24(15-11-21)31-19(3)30-25(27(31)33)16-20-8-12-23(28)13-9-20/h1,5-16H,17-18H2,2-3H3,(H,29,32)/b7-5-,22-6+,25-16-. The molecule has 166 valence electrons. The molecule has 3 rings (SSSR count). The number of benzene rings is 2. The van der Waals surface area contributed by atoms with Crippen molar-refractivity contribution in [2.45, 2.75) is 20.3 Å². The summed E-state index contributed by atoms with van der Waals surface area (Å²) in [5.41, 5.74) is 3.58. The van der Waals surface area contributed by atoms with Crippen LogP contribution in [-0.2, 0) is 16.0 Å². The Balaban J connectivity index is 1.65. The molecule has 0 unspecified atom stereocenters. The maximum atomic E-state index is 12.9. The highest BCUT2D eigenvalue weighted by atomic mass is 35.5. The number of nitrogens with one attached hydrogen (secondary N) is 1. The van der Waals surface area contributed by atoms with Gasteiger partial charge in [-0.15, -0.1) is 6.42 Å². The lowest BCUT2D eigenvalue weighted by Gasteiger charge is -2.16. The predicted molar refractivity (Wildman–Crippen MR) is 135 cm³/mol. The van der Waals surface area contributed by atoms with Crippen molar-refractivity contribution in [2.24, 2.45) is 4.99 Å². The number of allylic oxidation sites excluding steroid dienone is 2. The summed E-state index contributed by atoms with van der Waals surface area (Å²) in [7, 11) is 0. The van der Waals surface area contributed by atoms with E-state index < -0.39 is 0 Å². The van der Waals surface area contributed by atoms with Gasteiger partial charge in [0.25, 0.3) is 5.91 Å². The maximum Gasteiger partial charge on any atom is 0.282 e. The van der Waals surface area contributed by atoms with Gasteiger partial charge in [0.2, 0.25) is 5.91 Å². The zero-order chi connectivity index (χ0) is 23.8. The first-order valence-electron chi connectivity index (χ1n) is 10.4. The van der Waals surface area contributed by atoms with Crippen LogP contribution >= 0.6 is 11.6 Å². The van der Waals surface area contributed by atoms with Crippen LogP contribution in [0, 0.1) is 12.3 Å². The van der Waals surface area contributed by atoms with Crippen LogP contribution in [0.3, 0.4) is 0 Å². The summed E-state index contributed by atoms with van der Waals surface area (Å²) < 4.78 is 0. The van der Waals surface area contributed by atoms with Crippen LogP contribution in [0.4, 0.5) is 5.69 Å². The van der Waals surface area contributed by atoms with Gasteiger partial charge in [0, 0.05) is 11.6 Å². The van der Waals surface area contributed by atoms with Gasteiger partial charge in [0.05, 0.1) is 12.1 Å². The third kappa shape index (κ3) is 6.31. The Kier molecular flexibility index (Phi) is 8.01. The molecule has 6 heteroatoms. The molecule has 2 aromatic carbocycles.